The lowest BCUT2D eigenvalue weighted by molar-refractivity contribution is 0.510. The van der Waals surface area contributed by atoms with Gasteiger partial charge in [0.2, 0.25) is 0 Å². The number of hydrogen-bond donors (Lipinski definition) is 0. The van der Waals surface area contributed by atoms with Crippen molar-refractivity contribution in [3.63, 3.8) is 0 Å². The maximum Gasteiger partial charge on any atom is 0.0796 e. The van der Waals surface area contributed by atoms with E-state index in [1.165, 1.54) is 10.9 Å². The molecular formula is C17H18N2. The van der Waals surface area contributed by atoms with Crippen molar-refractivity contribution in [2.45, 2.75) is 32.6 Å². The fourth-order valence-corrected chi connectivity index (χ4v) is 2.50. The van der Waals surface area contributed by atoms with Crippen molar-refractivity contribution in [1.82, 2.24) is 9.97 Å². The van der Waals surface area contributed by atoms with Crippen LogP contribution < -0.4 is 0 Å². The molecule has 0 spiro atoms. The summed E-state index contributed by atoms with van der Waals surface area (Å²) in [4.78, 5) is 9.12. The van der Waals surface area contributed by atoms with Gasteiger partial charge >= 0.3 is 0 Å². The number of pyridine rings is 2. The fourth-order valence-electron chi connectivity index (χ4n) is 2.50. The highest BCUT2D eigenvalue weighted by Gasteiger charge is 2.22. The van der Waals surface area contributed by atoms with E-state index in [1.54, 1.807) is 0 Å². The summed E-state index contributed by atoms with van der Waals surface area (Å²) in [5, 5.41) is 2.34. The van der Waals surface area contributed by atoms with Crippen molar-refractivity contribution in [2.24, 2.45) is 0 Å². The molecule has 2 heterocycles. The van der Waals surface area contributed by atoms with E-state index in [4.69, 9.17) is 0 Å². The number of rotatable bonds is 2. The lowest BCUT2D eigenvalue weighted by atomic mass is 9.80. The van der Waals surface area contributed by atoms with Crippen molar-refractivity contribution < 1.29 is 0 Å². The van der Waals surface area contributed by atoms with Crippen LogP contribution in [0.2, 0.25) is 0 Å². The molecule has 2 aromatic heterocycles. The lowest BCUT2D eigenvalue weighted by Crippen LogP contribution is -2.16. The predicted molar refractivity (Wildman–Crippen MR) is 80.4 cm³/mol. The number of hydrogen-bond acceptors (Lipinski definition) is 2. The molecule has 96 valence electrons. The molecule has 0 aliphatic rings. The number of fused-ring (bicyclic) bond motifs is 3. The first-order valence-corrected chi connectivity index (χ1v) is 6.76. The quantitative estimate of drug-likeness (QED) is 0.627. The Bertz CT molecular complexity index is 744. The van der Waals surface area contributed by atoms with Crippen molar-refractivity contribution in [1.29, 1.82) is 0 Å². The van der Waals surface area contributed by atoms with E-state index in [-0.39, 0.29) is 5.41 Å². The van der Waals surface area contributed by atoms with Gasteiger partial charge in [-0.15, -0.1) is 0 Å². The minimum Gasteiger partial charge on any atom is -0.256 e. The number of nitrogens with zero attached hydrogens (tertiary/aromatic N) is 2. The molecule has 2 heteroatoms. The van der Waals surface area contributed by atoms with E-state index < -0.39 is 0 Å². The zero-order valence-corrected chi connectivity index (χ0v) is 11.6. The fraction of sp³-hybridized carbons (Fsp3) is 0.294. The van der Waals surface area contributed by atoms with Crippen LogP contribution in [0.1, 0.15) is 32.8 Å². The van der Waals surface area contributed by atoms with Gasteiger partial charge in [0.1, 0.15) is 0 Å². The normalized spacial score (nSPS) is 12.2. The highest BCUT2D eigenvalue weighted by molar-refractivity contribution is 6.05. The first kappa shape index (κ1) is 12.1. The molecule has 0 aliphatic carbocycles. The monoisotopic (exact) mass is 250 g/mol. The highest BCUT2D eigenvalue weighted by Crippen LogP contribution is 2.35. The van der Waals surface area contributed by atoms with Crippen molar-refractivity contribution in [2.75, 3.05) is 0 Å². The Morgan fingerprint density at radius 1 is 1.00 bits per heavy atom. The van der Waals surface area contributed by atoms with Crippen LogP contribution in [0.3, 0.4) is 0 Å². The summed E-state index contributed by atoms with van der Waals surface area (Å²) in [6.45, 7) is 6.78. The second-order valence-electron chi connectivity index (χ2n) is 5.64. The first-order chi connectivity index (χ1) is 9.13. The molecule has 0 amide bonds. The minimum atomic E-state index is 0.122. The predicted octanol–water partition coefficient (Wildman–Crippen LogP) is 4.47. The Morgan fingerprint density at radius 3 is 2.42 bits per heavy atom. The summed E-state index contributed by atoms with van der Waals surface area (Å²) in [7, 11) is 0. The van der Waals surface area contributed by atoms with E-state index >= 15 is 0 Å². The van der Waals surface area contributed by atoms with Gasteiger partial charge in [-0.05, 0) is 41.7 Å². The highest BCUT2D eigenvalue weighted by atomic mass is 14.7. The zero-order valence-electron chi connectivity index (χ0n) is 11.6. The minimum absolute atomic E-state index is 0.122. The summed E-state index contributed by atoms with van der Waals surface area (Å²) in [6.07, 6.45) is 4.80. The SMILES string of the molecule is CCC(C)(C)c1cc2cccnc2c2cccnc12. The number of benzene rings is 1. The van der Waals surface area contributed by atoms with Gasteiger partial charge in [0.05, 0.1) is 11.0 Å². The molecule has 0 fully saturated rings. The van der Waals surface area contributed by atoms with Crippen LogP contribution in [0.15, 0.2) is 42.7 Å². The molecule has 0 radical (unpaired) electrons. The summed E-state index contributed by atoms with van der Waals surface area (Å²) in [5.74, 6) is 0. The molecule has 0 atom stereocenters. The maximum absolute atomic E-state index is 4.61. The summed E-state index contributed by atoms with van der Waals surface area (Å²) < 4.78 is 0. The number of aromatic nitrogens is 2. The van der Waals surface area contributed by atoms with Crippen LogP contribution in [0.4, 0.5) is 0 Å². The molecular weight excluding hydrogens is 232 g/mol. The van der Waals surface area contributed by atoms with Crippen molar-refractivity contribution in [3.8, 4) is 0 Å². The Balaban J connectivity index is 2.49. The van der Waals surface area contributed by atoms with Gasteiger partial charge in [-0.3, -0.25) is 9.97 Å². The molecule has 0 N–H and O–H groups in total. The zero-order chi connectivity index (χ0) is 13.5. The van der Waals surface area contributed by atoms with Crippen LogP contribution in [0, 0.1) is 0 Å². The van der Waals surface area contributed by atoms with Crippen LogP contribution in [-0.2, 0) is 5.41 Å². The third kappa shape index (κ3) is 1.88. The summed E-state index contributed by atoms with van der Waals surface area (Å²) in [6, 6.07) is 10.5. The van der Waals surface area contributed by atoms with Gasteiger partial charge < -0.3 is 0 Å². The molecule has 0 bridgehead atoms. The molecule has 0 unspecified atom stereocenters. The van der Waals surface area contributed by atoms with E-state index in [1.807, 2.05) is 24.5 Å². The van der Waals surface area contributed by atoms with E-state index in [9.17, 15) is 0 Å². The standard InChI is InChI=1S/C17H18N2/c1-4-17(2,3)14-11-12-7-5-9-18-15(12)13-8-6-10-19-16(13)14/h5-11H,4H2,1-3H3. The molecule has 3 aromatic rings. The Labute approximate surface area is 113 Å². The molecule has 0 aliphatic heterocycles. The van der Waals surface area contributed by atoms with Crippen molar-refractivity contribution in [3.05, 3.63) is 48.3 Å². The summed E-state index contributed by atoms with van der Waals surface area (Å²) >= 11 is 0. The topological polar surface area (TPSA) is 25.8 Å². The Kier molecular flexibility index (Phi) is 2.74. The Morgan fingerprint density at radius 2 is 1.68 bits per heavy atom. The first-order valence-electron chi connectivity index (χ1n) is 6.76. The molecule has 0 saturated heterocycles. The largest absolute Gasteiger partial charge is 0.256 e. The van der Waals surface area contributed by atoms with Crippen molar-refractivity contribution >= 4 is 21.8 Å². The average molecular weight is 250 g/mol. The maximum atomic E-state index is 4.61. The summed E-state index contributed by atoms with van der Waals surface area (Å²) in [5.41, 5.74) is 3.56. The molecule has 0 saturated carbocycles. The second-order valence-corrected chi connectivity index (χ2v) is 5.64. The van der Waals surface area contributed by atoms with Gasteiger partial charge in [-0.1, -0.05) is 26.8 Å². The van der Waals surface area contributed by atoms with Gasteiger partial charge in [-0.25, -0.2) is 0 Å². The van der Waals surface area contributed by atoms with Gasteiger partial charge in [0.25, 0.3) is 0 Å². The second kappa shape index (κ2) is 4.30. The Hall–Kier alpha value is -1.96. The molecule has 2 nitrogen and oxygen atoms in total. The third-order valence-corrected chi connectivity index (χ3v) is 4.07. The molecule has 3 rings (SSSR count). The third-order valence-electron chi connectivity index (χ3n) is 4.07. The molecule has 1 aromatic carbocycles. The average Bonchev–Trinajstić information content (AvgIpc) is 2.46. The van der Waals surface area contributed by atoms with Crippen LogP contribution >= 0.6 is 0 Å². The van der Waals surface area contributed by atoms with Gasteiger partial charge in [-0.2, -0.15) is 0 Å². The van der Waals surface area contributed by atoms with Crippen LogP contribution in [0.25, 0.3) is 21.8 Å². The van der Waals surface area contributed by atoms with E-state index in [2.05, 4.69) is 48.9 Å². The lowest BCUT2D eigenvalue weighted by Gasteiger charge is -2.25. The van der Waals surface area contributed by atoms with Crippen LogP contribution in [0.5, 0.6) is 0 Å². The van der Waals surface area contributed by atoms with Crippen LogP contribution in [-0.4, -0.2) is 9.97 Å². The van der Waals surface area contributed by atoms with E-state index in [0.29, 0.717) is 0 Å². The van der Waals surface area contributed by atoms with Gasteiger partial charge in [0.15, 0.2) is 0 Å². The smallest absolute Gasteiger partial charge is 0.0796 e. The van der Waals surface area contributed by atoms with E-state index in [0.717, 1.165) is 22.8 Å². The van der Waals surface area contributed by atoms with Gasteiger partial charge in [0, 0.05) is 23.2 Å². The molecule has 19 heavy (non-hydrogen) atoms.